The van der Waals surface area contributed by atoms with Gasteiger partial charge in [0.15, 0.2) is 5.22 Å². The van der Waals surface area contributed by atoms with Crippen molar-refractivity contribution in [2.24, 2.45) is 0 Å². The van der Waals surface area contributed by atoms with E-state index in [9.17, 15) is 0 Å². The first-order valence-electron chi connectivity index (χ1n) is 7.11. The smallest absolute Gasteiger partial charge is 0.199 e. The minimum absolute atomic E-state index is 0.260. The summed E-state index contributed by atoms with van der Waals surface area (Å²) in [7, 11) is 0. The Morgan fingerprint density at radius 2 is 1.81 bits per heavy atom. The first kappa shape index (κ1) is 14.2. The zero-order valence-electron chi connectivity index (χ0n) is 12.2. The van der Waals surface area contributed by atoms with Gasteiger partial charge in [0.05, 0.1) is 0 Å². The van der Waals surface area contributed by atoms with Gasteiger partial charge in [-0.1, -0.05) is 42.5 Å². The Kier molecular flexibility index (Phi) is 4.00. The third-order valence-corrected chi connectivity index (χ3v) is 4.19. The van der Waals surface area contributed by atoms with Crippen LogP contribution in [0.25, 0.3) is 11.0 Å². The zero-order chi connectivity index (χ0) is 14.8. The van der Waals surface area contributed by atoms with Crippen molar-refractivity contribution in [3.05, 3.63) is 70.4 Å². The second kappa shape index (κ2) is 5.92. The lowest BCUT2D eigenvalue weighted by molar-refractivity contribution is 0.561. The summed E-state index contributed by atoms with van der Waals surface area (Å²) in [5.41, 5.74) is 4.46. The summed E-state index contributed by atoms with van der Waals surface area (Å²) in [6, 6.07) is 16.6. The van der Waals surface area contributed by atoms with Gasteiger partial charge >= 0.3 is 0 Å². The highest BCUT2D eigenvalue weighted by Gasteiger charge is 2.14. The van der Waals surface area contributed by atoms with Crippen molar-refractivity contribution in [2.45, 2.75) is 26.4 Å². The van der Waals surface area contributed by atoms with Crippen molar-refractivity contribution in [3.8, 4) is 0 Å². The van der Waals surface area contributed by atoms with Gasteiger partial charge in [0.2, 0.25) is 0 Å². The van der Waals surface area contributed by atoms with Crippen LogP contribution in [0.2, 0.25) is 5.22 Å². The number of nitrogens with one attached hydrogen (secondary N) is 1. The number of furan rings is 1. The van der Waals surface area contributed by atoms with Crippen LogP contribution in [0.1, 0.15) is 29.7 Å². The minimum Gasteiger partial charge on any atom is -0.444 e. The van der Waals surface area contributed by atoms with E-state index < -0.39 is 0 Å². The van der Waals surface area contributed by atoms with Crippen molar-refractivity contribution in [3.63, 3.8) is 0 Å². The van der Waals surface area contributed by atoms with Crippen LogP contribution in [0, 0.1) is 6.92 Å². The molecule has 3 aromatic rings. The number of benzene rings is 2. The zero-order valence-corrected chi connectivity index (χ0v) is 12.9. The molecule has 21 heavy (non-hydrogen) atoms. The number of aryl methyl sites for hydroxylation is 1. The second-order valence-corrected chi connectivity index (χ2v) is 5.65. The molecule has 2 aromatic carbocycles. The van der Waals surface area contributed by atoms with Crippen LogP contribution in [-0.2, 0) is 6.54 Å². The highest BCUT2D eigenvalue weighted by Crippen LogP contribution is 2.30. The monoisotopic (exact) mass is 299 g/mol. The fourth-order valence-corrected chi connectivity index (χ4v) is 2.92. The van der Waals surface area contributed by atoms with E-state index in [1.54, 1.807) is 0 Å². The van der Waals surface area contributed by atoms with E-state index in [0.717, 1.165) is 16.5 Å². The third-order valence-electron chi connectivity index (χ3n) is 3.89. The Morgan fingerprint density at radius 3 is 2.62 bits per heavy atom. The predicted molar refractivity (Wildman–Crippen MR) is 87.7 cm³/mol. The molecule has 0 radical (unpaired) electrons. The summed E-state index contributed by atoms with van der Waals surface area (Å²) in [6.45, 7) is 4.98. The lowest BCUT2D eigenvalue weighted by atomic mass is 10.0. The van der Waals surface area contributed by atoms with Gasteiger partial charge in [-0.2, -0.15) is 0 Å². The van der Waals surface area contributed by atoms with Crippen molar-refractivity contribution >= 4 is 22.6 Å². The summed E-state index contributed by atoms with van der Waals surface area (Å²) >= 11 is 6.22. The molecule has 0 bridgehead atoms. The Balaban J connectivity index is 1.81. The summed E-state index contributed by atoms with van der Waals surface area (Å²) in [5, 5.41) is 5.08. The van der Waals surface area contributed by atoms with E-state index in [2.05, 4.69) is 43.4 Å². The Bertz CT molecular complexity index is 763. The predicted octanol–water partition coefficient (Wildman–Crippen LogP) is 5.25. The average Bonchev–Trinajstić information content (AvgIpc) is 2.81. The van der Waals surface area contributed by atoms with E-state index in [-0.39, 0.29) is 6.04 Å². The molecule has 1 aromatic heterocycles. The first-order chi connectivity index (χ1) is 10.2. The van der Waals surface area contributed by atoms with Gasteiger partial charge in [0.25, 0.3) is 0 Å². The molecular formula is C18H18ClNO. The summed E-state index contributed by atoms with van der Waals surface area (Å²) < 4.78 is 5.59. The molecule has 0 fully saturated rings. The highest BCUT2D eigenvalue weighted by molar-refractivity contribution is 6.30. The molecule has 108 valence electrons. The molecule has 2 nitrogen and oxygen atoms in total. The van der Waals surface area contributed by atoms with Gasteiger partial charge in [-0.25, -0.2) is 0 Å². The molecule has 3 rings (SSSR count). The van der Waals surface area contributed by atoms with E-state index in [0.29, 0.717) is 11.8 Å². The molecule has 3 heteroatoms. The highest BCUT2D eigenvalue weighted by atomic mass is 35.5. The number of rotatable bonds is 4. The molecule has 0 unspecified atom stereocenters. The van der Waals surface area contributed by atoms with Crippen molar-refractivity contribution in [2.75, 3.05) is 0 Å². The maximum Gasteiger partial charge on any atom is 0.199 e. The molecular weight excluding hydrogens is 282 g/mol. The number of para-hydroxylation sites is 1. The van der Waals surface area contributed by atoms with Crippen LogP contribution in [0.4, 0.5) is 0 Å². The maximum absolute atomic E-state index is 6.22. The van der Waals surface area contributed by atoms with Crippen LogP contribution in [-0.4, -0.2) is 0 Å². The van der Waals surface area contributed by atoms with Crippen LogP contribution in [0.3, 0.4) is 0 Å². The maximum atomic E-state index is 6.22. The quantitative estimate of drug-likeness (QED) is 0.712. The topological polar surface area (TPSA) is 25.2 Å². The fraction of sp³-hybridized carbons (Fsp3) is 0.222. The van der Waals surface area contributed by atoms with E-state index in [1.165, 1.54) is 11.1 Å². The lowest BCUT2D eigenvalue weighted by Gasteiger charge is -2.16. The standard InChI is InChI=1S/C18H18ClNO/c1-12-7-3-4-8-14(12)13(2)20-11-16-15-9-5-6-10-17(15)21-18(16)19/h3-10,13,20H,11H2,1-2H3/t13-/m0/s1. The molecule has 0 aliphatic carbocycles. The molecule has 0 aliphatic heterocycles. The summed E-state index contributed by atoms with van der Waals surface area (Å²) in [4.78, 5) is 0. The van der Waals surface area contributed by atoms with Crippen LogP contribution < -0.4 is 5.32 Å². The van der Waals surface area contributed by atoms with Gasteiger partial charge in [-0.15, -0.1) is 0 Å². The van der Waals surface area contributed by atoms with Crippen molar-refractivity contribution in [1.82, 2.24) is 5.32 Å². The number of hydrogen-bond donors (Lipinski definition) is 1. The van der Waals surface area contributed by atoms with Crippen molar-refractivity contribution in [1.29, 1.82) is 0 Å². The SMILES string of the molecule is Cc1ccccc1[C@H](C)NCc1c(Cl)oc2ccccc12. The lowest BCUT2D eigenvalue weighted by Crippen LogP contribution is -2.18. The first-order valence-corrected chi connectivity index (χ1v) is 7.49. The molecule has 0 saturated carbocycles. The molecule has 1 N–H and O–H groups in total. The van der Waals surface area contributed by atoms with Gasteiger partial charge in [0, 0.05) is 23.5 Å². The van der Waals surface area contributed by atoms with Gasteiger partial charge < -0.3 is 9.73 Å². The van der Waals surface area contributed by atoms with Crippen LogP contribution >= 0.6 is 11.6 Å². The average molecular weight is 300 g/mol. The third kappa shape index (κ3) is 2.82. The van der Waals surface area contributed by atoms with E-state index >= 15 is 0 Å². The number of halogens is 1. The van der Waals surface area contributed by atoms with Crippen LogP contribution in [0.15, 0.2) is 52.9 Å². The Morgan fingerprint density at radius 1 is 1.10 bits per heavy atom. The number of fused-ring (bicyclic) bond motifs is 1. The Hall–Kier alpha value is -1.77. The van der Waals surface area contributed by atoms with E-state index in [1.807, 2.05) is 24.3 Å². The van der Waals surface area contributed by atoms with Gasteiger partial charge in [-0.3, -0.25) is 0 Å². The molecule has 0 amide bonds. The molecule has 0 spiro atoms. The van der Waals surface area contributed by atoms with Gasteiger partial charge in [0.1, 0.15) is 5.58 Å². The van der Waals surface area contributed by atoms with Gasteiger partial charge in [-0.05, 0) is 42.6 Å². The molecule has 0 aliphatic rings. The molecule has 1 atom stereocenters. The summed E-state index contributed by atoms with van der Waals surface area (Å²) in [5.74, 6) is 0. The Labute approximate surface area is 129 Å². The minimum atomic E-state index is 0.260. The van der Waals surface area contributed by atoms with Crippen LogP contribution in [0.5, 0.6) is 0 Å². The second-order valence-electron chi connectivity index (χ2n) is 5.31. The number of hydrogen-bond acceptors (Lipinski definition) is 2. The normalized spacial score (nSPS) is 12.7. The largest absolute Gasteiger partial charge is 0.444 e. The summed E-state index contributed by atoms with van der Waals surface area (Å²) in [6.07, 6.45) is 0. The fourth-order valence-electron chi connectivity index (χ4n) is 2.67. The molecule has 1 heterocycles. The van der Waals surface area contributed by atoms with E-state index in [4.69, 9.17) is 16.0 Å². The molecule has 0 saturated heterocycles. The van der Waals surface area contributed by atoms with Crippen molar-refractivity contribution < 1.29 is 4.42 Å².